The molecule has 0 saturated heterocycles. The fraction of sp³-hybridized carbons (Fsp3) is 0.562. The van der Waals surface area contributed by atoms with Crippen LogP contribution in [0.25, 0.3) is 11.0 Å². The van der Waals surface area contributed by atoms with Crippen LogP contribution in [0.4, 0.5) is 0 Å². The lowest BCUT2D eigenvalue weighted by molar-refractivity contribution is 0.415. The van der Waals surface area contributed by atoms with Crippen LogP contribution in [-0.2, 0) is 13.0 Å². The maximum atomic E-state index is 5.71. The molecule has 0 spiro atoms. The quantitative estimate of drug-likeness (QED) is 0.753. The standard InChI is InChI=1S/C16H25N3O/c1-3-4-5-6-11-19-15-8-7-13(20-2)12-14(15)18-16(19)9-10-17/h7-8,12H,3-6,9-11,17H2,1-2H3. The van der Waals surface area contributed by atoms with Crippen LogP contribution in [0.15, 0.2) is 18.2 Å². The number of nitrogens with two attached hydrogens (primary N) is 1. The van der Waals surface area contributed by atoms with Crippen LogP contribution in [0.3, 0.4) is 0 Å². The van der Waals surface area contributed by atoms with Gasteiger partial charge in [-0.2, -0.15) is 0 Å². The molecule has 0 fully saturated rings. The fourth-order valence-corrected chi connectivity index (χ4v) is 2.55. The van der Waals surface area contributed by atoms with Crippen LogP contribution in [0.2, 0.25) is 0 Å². The predicted molar refractivity (Wildman–Crippen MR) is 83.2 cm³/mol. The minimum absolute atomic E-state index is 0.634. The molecule has 0 aliphatic heterocycles. The summed E-state index contributed by atoms with van der Waals surface area (Å²) in [4.78, 5) is 4.71. The SMILES string of the molecule is CCCCCCn1c(CCN)nc2cc(OC)ccc21. The predicted octanol–water partition coefficient (Wildman–Crippen LogP) is 3.13. The number of aromatic nitrogens is 2. The van der Waals surface area contributed by atoms with E-state index in [2.05, 4.69) is 17.6 Å². The van der Waals surface area contributed by atoms with E-state index in [0.717, 1.165) is 30.1 Å². The number of imidazole rings is 1. The van der Waals surface area contributed by atoms with Crippen LogP contribution in [0.5, 0.6) is 5.75 Å². The van der Waals surface area contributed by atoms with Crippen molar-refractivity contribution in [3.63, 3.8) is 0 Å². The molecule has 110 valence electrons. The van der Waals surface area contributed by atoms with Crippen molar-refractivity contribution in [3.8, 4) is 5.75 Å². The summed E-state index contributed by atoms with van der Waals surface area (Å²) in [5.74, 6) is 1.94. The number of ether oxygens (including phenoxy) is 1. The highest BCUT2D eigenvalue weighted by atomic mass is 16.5. The van der Waals surface area contributed by atoms with E-state index in [9.17, 15) is 0 Å². The molecule has 0 saturated carbocycles. The van der Waals surface area contributed by atoms with Gasteiger partial charge in [-0.3, -0.25) is 0 Å². The number of unbranched alkanes of at least 4 members (excludes halogenated alkanes) is 3. The third kappa shape index (κ3) is 3.31. The highest BCUT2D eigenvalue weighted by Gasteiger charge is 2.10. The molecular weight excluding hydrogens is 250 g/mol. The van der Waals surface area contributed by atoms with Crippen molar-refractivity contribution in [2.24, 2.45) is 5.73 Å². The summed E-state index contributed by atoms with van der Waals surface area (Å²) in [7, 11) is 1.68. The maximum absolute atomic E-state index is 5.71. The number of aryl methyl sites for hydroxylation is 1. The van der Waals surface area contributed by atoms with E-state index >= 15 is 0 Å². The Morgan fingerprint density at radius 2 is 2.10 bits per heavy atom. The number of benzene rings is 1. The van der Waals surface area contributed by atoms with E-state index in [-0.39, 0.29) is 0 Å². The summed E-state index contributed by atoms with van der Waals surface area (Å²) in [5.41, 5.74) is 7.89. The molecule has 1 heterocycles. The third-order valence-corrected chi connectivity index (χ3v) is 3.64. The van der Waals surface area contributed by atoms with Gasteiger partial charge in [0.05, 0.1) is 18.1 Å². The van der Waals surface area contributed by atoms with Crippen LogP contribution in [-0.4, -0.2) is 23.2 Å². The van der Waals surface area contributed by atoms with Gasteiger partial charge in [-0.25, -0.2) is 4.98 Å². The Morgan fingerprint density at radius 1 is 1.25 bits per heavy atom. The Balaban J connectivity index is 2.25. The molecule has 1 aromatic carbocycles. The molecule has 20 heavy (non-hydrogen) atoms. The fourth-order valence-electron chi connectivity index (χ4n) is 2.55. The zero-order valence-electron chi connectivity index (χ0n) is 12.6. The van der Waals surface area contributed by atoms with Gasteiger partial charge in [-0.1, -0.05) is 26.2 Å². The molecule has 2 aromatic rings. The Kier molecular flexibility index (Phi) is 5.41. The molecule has 2 rings (SSSR count). The van der Waals surface area contributed by atoms with Crippen LogP contribution in [0, 0.1) is 0 Å². The first-order valence-electron chi connectivity index (χ1n) is 7.53. The summed E-state index contributed by atoms with van der Waals surface area (Å²) >= 11 is 0. The lowest BCUT2D eigenvalue weighted by Crippen LogP contribution is -2.10. The average Bonchev–Trinajstić information content (AvgIpc) is 2.80. The van der Waals surface area contributed by atoms with Crippen molar-refractivity contribution >= 4 is 11.0 Å². The summed E-state index contributed by atoms with van der Waals surface area (Å²) in [5, 5.41) is 0. The topological polar surface area (TPSA) is 53.1 Å². The van der Waals surface area contributed by atoms with Crippen molar-refractivity contribution in [1.29, 1.82) is 0 Å². The van der Waals surface area contributed by atoms with Gasteiger partial charge in [-0.15, -0.1) is 0 Å². The molecule has 0 amide bonds. The van der Waals surface area contributed by atoms with Gasteiger partial charge in [0.2, 0.25) is 0 Å². The van der Waals surface area contributed by atoms with Crippen molar-refractivity contribution in [1.82, 2.24) is 9.55 Å². The van der Waals surface area contributed by atoms with Crippen LogP contribution in [0.1, 0.15) is 38.4 Å². The van der Waals surface area contributed by atoms with Gasteiger partial charge in [0, 0.05) is 19.0 Å². The normalized spacial score (nSPS) is 11.2. The second kappa shape index (κ2) is 7.29. The number of nitrogens with zero attached hydrogens (tertiary/aromatic N) is 2. The molecule has 0 radical (unpaired) electrons. The van der Waals surface area contributed by atoms with Crippen LogP contribution < -0.4 is 10.5 Å². The van der Waals surface area contributed by atoms with Gasteiger partial charge in [0.25, 0.3) is 0 Å². The first kappa shape index (κ1) is 14.9. The first-order valence-corrected chi connectivity index (χ1v) is 7.53. The zero-order valence-corrected chi connectivity index (χ0v) is 12.6. The van der Waals surface area contributed by atoms with Crippen molar-refractivity contribution < 1.29 is 4.74 Å². The Bertz CT molecular complexity index is 548. The lowest BCUT2D eigenvalue weighted by atomic mass is 10.2. The van der Waals surface area contributed by atoms with E-state index < -0.39 is 0 Å². The summed E-state index contributed by atoms with van der Waals surface area (Å²) in [6, 6.07) is 6.09. The van der Waals surface area contributed by atoms with Gasteiger partial charge in [-0.05, 0) is 25.1 Å². The number of rotatable bonds is 8. The van der Waals surface area contributed by atoms with Crippen molar-refractivity contribution in [2.75, 3.05) is 13.7 Å². The summed E-state index contributed by atoms with van der Waals surface area (Å²) in [6.07, 6.45) is 5.85. The first-order chi connectivity index (χ1) is 9.80. The second-order valence-corrected chi connectivity index (χ2v) is 5.13. The number of hydrogen-bond donors (Lipinski definition) is 1. The van der Waals surface area contributed by atoms with Crippen LogP contribution >= 0.6 is 0 Å². The molecule has 4 heteroatoms. The number of fused-ring (bicyclic) bond motifs is 1. The van der Waals surface area contributed by atoms with Crippen molar-refractivity contribution in [3.05, 3.63) is 24.0 Å². The number of methoxy groups -OCH3 is 1. The van der Waals surface area contributed by atoms with Crippen molar-refractivity contribution in [2.45, 2.75) is 45.6 Å². The molecule has 0 unspecified atom stereocenters. The van der Waals surface area contributed by atoms with Gasteiger partial charge in [0.1, 0.15) is 11.6 Å². The minimum atomic E-state index is 0.634. The molecule has 4 nitrogen and oxygen atoms in total. The molecule has 0 aliphatic rings. The Labute approximate surface area is 120 Å². The summed E-state index contributed by atoms with van der Waals surface area (Å²) < 4.78 is 7.59. The monoisotopic (exact) mass is 275 g/mol. The second-order valence-electron chi connectivity index (χ2n) is 5.13. The average molecular weight is 275 g/mol. The minimum Gasteiger partial charge on any atom is -0.497 e. The van der Waals surface area contributed by atoms with E-state index in [1.165, 1.54) is 31.2 Å². The zero-order chi connectivity index (χ0) is 14.4. The third-order valence-electron chi connectivity index (χ3n) is 3.64. The Morgan fingerprint density at radius 3 is 2.80 bits per heavy atom. The highest BCUT2D eigenvalue weighted by molar-refractivity contribution is 5.77. The molecular formula is C16H25N3O. The smallest absolute Gasteiger partial charge is 0.121 e. The largest absolute Gasteiger partial charge is 0.497 e. The summed E-state index contributed by atoms with van der Waals surface area (Å²) in [6.45, 7) is 3.90. The highest BCUT2D eigenvalue weighted by Crippen LogP contribution is 2.22. The molecule has 0 atom stereocenters. The Hall–Kier alpha value is -1.55. The molecule has 0 bridgehead atoms. The molecule has 2 N–H and O–H groups in total. The van der Waals surface area contributed by atoms with Gasteiger partial charge >= 0.3 is 0 Å². The molecule has 0 aliphatic carbocycles. The van der Waals surface area contributed by atoms with E-state index in [1.54, 1.807) is 7.11 Å². The lowest BCUT2D eigenvalue weighted by Gasteiger charge is -2.08. The van der Waals surface area contributed by atoms with E-state index in [1.807, 2.05) is 12.1 Å². The van der Waals surface area contributed by atoms with Gasteiger partial charge in [0.15, 0.2) is 0 Å². The van der Waals surface area contributed by atoms with Gasteiger partial charge < -0.3 is 15.0 Å². The molecule has 1 aromatic heterocycles. The number of hydrogen-bond acceptors (Lipinski definition) is 3. The van der Waals surface area contributed by atoms with E-state index in [4.69, 9.17) is 15.5 Å². The maximum Gasteiger partial charge on any atom is 0.121 e. The van der Waals surface area contributed by atoms with E-state index in [0.29, 0.717) is 6.54 Å².